The molecular weight excluding hydrogens is 422 g/mol. The number of aromatic nitrogens is 2. The number of nitrogens with one attached hydrogen (secondary N) is 1. The fourth-order valence-electron chi connectivity index (χ4n) is 10.2. The lowest BCUT2D eigenvalue weighted by Crippen LogP contribution is -2.57. The Balaban J connectivity index is 1.39. The van der Waals surface area contributed by atoms with Gasteiger partial charge in [-0.05, 0) is 118 Å². The second-order valence-electron chi connectivity index (χ2n) is 13.3. The molecule has 1 aromatic heterocycles. The number of anilines is 1. The Bertz CT molecular complexity index is 882. The minimum atomic E-state index is -0.447. The molecule has 0 aromatic carbocycles. The van der Waals surface area contributed by atoms with Gasteiger partial charge in [0.25, 0.3) is 0 Å². The lowest BCUT2D eigenvalue weighted by Gasteiger charge is -2.63. The maximum Gasteiger partial charge on any atom is 0.0878 e. The summed E-state index contributed by atoms with van der Waals surface area (Å²) >= 11 is 0. The Labute approximate surface area is 207 Å². The van der Waals surface area contributed by atoms with E-state index in [1.165, 1.54) is 51.4 Å². The first-order valence-electron chi connectivity index (χ1n) is 14.1. The zero-order chi connectivity index (χ0) is 24.4. The van der Waals surface area contributed by atoms with Crippen molar-refractivity contribution in [3.05, 3.63) is 12.4 Å². The fraction of sp³-hybridized carbons (Fsp3) is 0.897. The number of nitrogens with zero attached hydrogens (tertiary/aromatic N) is 2. The van der Waals surface area contributed by atoms with Gasteiger partial charge in [-0.1, -0.05) is 13.8 Å². The third kappa shape index (κ3) is 3.67. The molecule has 4 fully saturated rings. The van der Waals surface area contributed by atoms with E-state index < -0.39 is 5.60 Å². The lowest BCUT2D eigenvalue weighted by molar-refractivity contribution is -0.170. The van der Waals surface area contributed by atoms with Crippen LogP contribution in [0.4, 0.5) is 5.69 Å². The molecule has 5 heteroatoms. The molecule has 0 saturated heterocycles. The van der Waals surface area contributed by atoms with Gasteiger partial charge < -0.3 is 15.2 Å². The van der Waals surface area contributed by atoms with Crippen LogP contribution < -0.4 is 5.32 Å². The highest BCUT2D eigenvalue weighted by molar-refractivity contribution is 5.36. The molecule has 4 aliphatic rings. The van der Waals surface area contributed by atoms with Crippen LogP contribution in [0.5, 0.6) is 0 Å². The van der Waals surface area contributed by atoms with Crippen molar-refractivity contribution < 1.29 is 9.84 Å². The standard InChI is InChI=1S/C29H49N3O2/c1-7-29-15-14-26(2,33)16-20(29)8-9-22-23-10-11-25(27(23,3)13-12-24(22)29)28(4,34-6)19-32-18-21(30-5)17-31-32/h17-18,20,22-25,30,33H,7-16,19H2,1-6H3/t20-,22+,23+,24+,25+,26-,27+,28-,29+/m1/s1. The Hall–Kier alpha value is -1.07. The third-order valence-electron chi connectivity index (χ3n) is 11.9. The van der Waals surface area contributed by atoms with E-state index in [0.29, 0.717) is 16.7 Å². The van der Waals surface area contributed by atoms with Crippen LogP contribution in [0.1, 0.15) is 91.9 Å². The first-order chi connectivity index (χ1) is 16.1. The van der Waals surface area contributed by atoms with Crippen LogP contribution in [0.2, 0.25) is 0 Å². The van der Waals surface area contributed by atoms with Crippen molar-refractivity contribution in [2.24, 2.45) is 40.4 Å². The maximum absolute atomic E-state index is 10.9. The van der Waals surface area contributed by atoms with Gasteiger partial charge >= 0.3 is 0 Å². The Morgan fingerprint density at radius 1 is 1.15 bits per heavy atom. The summed E-state index contributed by atoms with van der Waals surface area (Å²) in [7, 11) is 3.86. The Morgan fingerprint density at radius 3 is 2.62 bits per heavy atom. The van der Waals surface area contributed by atoms with Gasteiger partial charge in [-0.15, -0.1) is 0 Å². The number of ether oxygens (including phenoxy) is 1. The minimum absolute atomic E-state index is 0.212. The van der Waals surface area contributed by atoms with Crippen LogP contribution in [0.3, 0.4) is 0 Å². The molecule has 0 amide bonds. The normalized spacial score (nSPS) is 45.7. The number of aliphatic hydroxyl groups is 1. The molecule has 0 unspecified atom stereocenters. The molecule has 2 N–H and O–H groups in total. The zero-order valence-electron chi connectivity index (χ0n) is 22.6. The van der Waals surface area contributed by atoms with Crippen LogP contribution in [0.25, 0.3) is 0 Å². The van der Waals surface area contributed by atoms with Gasteiger partial charge in [0.05, 0.1) is 29.6 Å². The van der Waals surface area contributed by atoms with Gasteiger partial charge in [-0.2, -0.15) is 5.10 Å². The number of rotatable bonds is 6. The Morgan fingerprint density at radius 2 is 1.94 bits per heavy atom. The van der Waals surface area contributed by atoms with E-state index >= 15 is 0 Å². The molecule has 0 bridgehead atoms. The molecule has 192 valence electrons. The van der Waals surface area contributed by atoms with Gasteiger partial charge in [0.2, 0.25) is 0 Å². The van der Waals surface area contributed by atoms with Crippen LogP contribution in [0, 0.1) is 40.4 Å². The van der Waals surface area contributed by atoms with Crippen molar-refractivity contribution in [2.75, 3.05) is 19.5 Å². The molecular formula is C29H49N3O2. The van der Waals surface area contributed by atoms with Gasteiger partial charge in [0.1, 0.15) is 0 Å². The summed E-state index contributed by atoms with van der Waals surface area (Å²) in [6.45, 7) is 10.3. The van der Waals surface area contributed by atoms with E-state index in [0.717, 1.165) is 48.7 Å². The predicted octanol–water partition coefficient (Wildman–Crippen LogP) is 6.13. The molecule has 0 aliphatic heterocycles. The summed E-state index contributed by atoms with van der Waals surface area (Å²) in [5.41, 5.74) is 1.21. The van der Waals surface area contributed by atoms with Crippen molar-refractivity contribution in [3.8, 4) is 0 Å². The van der Waals surface area contributed by atoms with Crippen molar-refractivity contribution in [2.45, 2.75) is 110 Å². The van der Waals surface area contributed by atoms with Gasteiger partial charge in [0, 0.05) is 20.4 Å². The van der Waals surface area contributed by atoms with Crippen molar-refractivity contribution in [1.29, 1.82) is 0 Å². The highest BCUT2D eigenvalue weighted by atomic mass is 16.5. The predicted molar refractivity (Wildman–Crippen MR) is 138 cm³/mol. The molecule has 4 aliphatic carbocycles. The van der Waals surface area contributed by atoms with E-state index in [-0.39, 0.29) is 5.60 Å². The first kappa shape index (κ1) is 24.6. The quantitative estimate of drug-likeness (QED) is 0.524. The third-order valence-corrected chi connectivity index (χ3v) is 11.9. The van der Waals surface area contributed by atoms with Crippen LogP contribution >= 0.6 is 0 Å². The number of hydrogen-bond donors (Lipinski definition) is 2. The molecule has 4 saturated carbocycles. The summed E-state index contributed by atoms with van der Waals surface area (Å²) in [5.74, 6) is 3.78. The average molecular weight is 472 g/mol. The van der Waals surface area contributed by atoms with Crippen molar-refractivity contribution >= 4 is 5.69 Å². The van der Waals surface area contributed by atoms with E-state index in [4.69, 9.17) is 4.74 Å². The molecule has 9 atom stereocenters. The molecule has 34 heavy (non-hydrogen) atoms. The molecule has 0 radical (unpaired) electrons. The number of methoxy groups -OCH3 is 1. The van der Waals surface area contributed by atoms with Crippen LogP contribution in [-0.2, 0) is 11.3 Å². The van der Waals surface area contributed by atoms with Gasteiger partial charge in [-0.25, -0.2) is 0 Å². The molecule has 1 heterocycles. The SMILES string of the molecule is CC[C@]12CC[C@@](C)(O)C[C@H]1CC[C@H]1[C@@H]3CC[C@H]([C@@](C)(Cn4cc(NC)cn4)OC)[C@@]3(C)CC[C@@H]12. The molecule has 0 spiro atoms. The second kappa shape index (κ2) is 8.50. The zero-order valence-corrected chi connectivity index (χ0v) is 22.6. The Kier molecular flexibility index (Phi) is 6.16. The highest BCUT2D eigenvalue weighted by Crippen LogP contribution is 2.70. The average Bonchev–Trinajstić information content (AvgIpc) is 3.41. The topological polar surface area (TPSA) is 59.3 Å². The van der Waals surface area contributed by atoms with Crippen LogP contribution in [0.15, 0.2) is 12.4 Å². The number of hydrogen-bond acceptors (Lipinski definition) is 4. The van der Waals surface area contributed by atoms with Crippen molar-refractivity contribution in [3.63, 3.8) is 0 Å². The smallest absolute Gasteiger partial charge is 0.0878 e. The summed E-state index contributed by atoms with van der Waals surface area (Å²) < 4.78 is 8.43. The highest BCUT2D eigenvalue weighted by Gasteiger charge is 2.63. The first-order valence-corrected chi connectivity index (χ1v) is 14.1. The lowest BCUT2D eigenvalue weighted by atomic mass is 9.42. The number of fused-ring (bicyclic) bond motifs is 5. The summed E-state index contributed by atoms with van der Waals surface area (Å²) in [5, 5.41) is 18.7. The van der Waals surface area contributed by atoms with E-state index in [2.05, 4.69) is 49.0 Å². The molecule has 1 aromatic rings. The van der Waals surface area contributed by atoms with Crippen LogP contribution in [-0.4, -0.2) is 40.2 Å². The van der Waals surface area contributed by atoms with E-state index in [1.807, 2.05) is 20.4 Å². The summed E-state index contributed by atoms with van der Waals surface area (Å²) in [4.78, 5) is 0. The van der Waals surface area contributed by atoms with Crippen molar-refractivity contribution in [1.82, 2.24) is 9.78 Å². The monoisotopic (exact) mass is 471 g/mol. The summed E-state index contributed by atoms with van der Waals surface area (Å²) in [6, 6.07) is 0. The molecule has 5 nitrogen and oxygen atoms in total. The largest absolute Gasteiger partial charge is 0.390 e. The minimum Gasteiger partial charge on any atom is -0.390 e. The second-order valence-corrected chi connectivity index (χ2v) is 13.3. The van der Waals surface area contributed by atoms with Gasteiger partial charge in [-0.3, -0.25) is 4.68 Å². The maximum atomic E-state index is 10.9. The fourth-order valence-corrected chi connectivity index (χ4v) is 10.2. The van der Waals surface area contributed by atoms with E-state index in [1.54, 1.807) is 0 Å². The van der Waals surface area contributed by atoms with E-state index in [9.17, 15) is 5.11 Å². The molecule has 5 rings (SSSR count). The summed E-state index contributed by atoms with van der Waals surface area (Å²) in [6.07, 6.45) is 16.6. The van der Waals surface area contributed by atoms with Gasteiger partial charge in [0.15, 0.2) is 0 Å².